The van der Waals surface area contributed by atoms with Gasteiger partial charge < -0.3 is 9.30 Å². The van der Waals surface area contributed by atoms with Crippen molar-refractivity contribution in [3.8, 4) is 23.1 Å². The molecule has 5 nitrogen and oxygen atoms in total. The molecule has 0 bridgehead atoms. The van der Waals surface area contributed by atoms with Crippen LogP contribution in [0, 0.1) is 11.3 Å². The lowest BCUT2D eigenvalue weighted by atomic mass is 9.95. The predicted octanol–water partition coefficient (Wildman–Crippen LogP) is 3.28. The number of hydrogen-bond donors (Lipinski definition) is 0. The summed E-state index contributed by atoms with van der Waals surface area (Å²) in [5, 5.41) is 10.6. The number of rotatable bonds is 2. The number of aromatic nitrogens is 2. The minimum absolute atomic E-state index is 0.224. The summed E-state index contributed by atoms with van der Waals surface area (Å²) in [4.78, 5) is 16.3. The molecule has 0 N–H and O–H groups in total. The van der Waals surface area contributed by atoms with Gasteiger partial charge in [-0.1, -0.05) is 18.2 Å². The molecular weight excluding hydrogens is 326 g/mol. The van der Waals surface area contributed by atoms with E-state index in [-0.39, 0.29) is 5.88 Å². The Labute approximate surface area is 143 Å². The highest BCUT2D eigenvalue weighted by Crippen LogP contribution is 2.41. The topological polar surface area (TPSA) is 67.9 Å². The fourth-order valence-electron chi connectivity index (χ4n) is 3.18. The molecule has 0 fully saturated rings. The summed E-state index contributed by atoms with van der Waals surface area (Å²) in [5.41, 5.74) is 3.65. The van der Waals surface area contributed by atoms with Gasteiger partial charge in [0.25, 0.3) is 0 Å². The molecule has 3 aromatic rings. The van der Waals surface area contributed by atoms with E-state index in [0.717, 1.165) is 35.1 Å². The molecule has 0 aliphatic carbocycles. The van der Waals surface area contributed by atoms with Crippen molar-refractivity contribution in [2.75, 3.05) is 5.88 Å². The van der Waals surface area contributed by atoms with Crippen LogP contribution in [0.3, 0.4) is 0 Å². The zero-order valence-corrected chi connectivity index (χ0v) is 13.4. The lowest BCUT2D eigenvalue weighted by Crippen LogP contribution is -2.15. The molecular formula is C18H12ClN3O2. The number of pyridine rings is 1. The highest BCUT2D eigenvalue weighted by molar-refractivity contribution is 6.26. The molecule has 0 saturated carbocycles. The first kappa shape index (κ1) is 14.7. The summed E-state index contributed by atoms with van der Waals surface area (Å²) < 4.78 is 7.32. The molecule has 0 atom stereocenters. The number of aryl methyl sites for hydroxylation is 2. The summed E-state index contributed by atoms with van der Waals surface area (Å²) in [6.07, 6.45) is 2.57. The van der Waals surface area contributed by atoms with E-state index < -0.39 is 5.97 Å². The van der Waals surface area contributed by atoms with Crippen molar-refractivity contribution in [1.29, 1.82) is 5.26 Å². The summed E-state index contributed by atoms with van der Waals surface area (Å²) in [6, 6.07) is 11.6. The van der Waals surface area contributed by atoms with Crippen LogP contribution < -0.4 is 4.74 Å². The van der Waals surface area contributed by atoms with E-state index in [4.69, 9.17) is 21.3 Å². The standard InChI is InChI=1S/C18H12ClN3O2/c19-9-16(23)24-15-6-8-22-7-5-14-17(18(15)22)12(10-20)11-3-1-2-4-13(11)21-14/h1-4,6,8H,5,7,9H2. The molecule has 24 heavy (non-hydrogen) atoms. The Balaban J connectivity index is 2.01. The number of carbonyl (C=O) groups excluding carboxylic acids is 1. The molecule has 1 aromatic carbocycles. The van der Waals surface area contributed by atoms with Crippen LogP contribution in [0.2, 0.25) is 0 Å². The number of esters is 1. The second kappa shape index (κ2) is 5.66. The fraction of sp³-hybridized carbons (Fsp3) is 0.167. The molecule has 118 valence electrons. The minimum Gasteiger partial charge on any atom is -0.423 e. The number of nitrogens with zero attached hydrogens (tertiary/aromatic N) is 3. The number of ether oxygens (including phenoxy) is 1. The minimum atomic E-state index is -0.523. The van der Waals surface area contributed by atoms with Gasteiger partial charge in [-0.2, -0.15) is 5.26 Å². The number of alkyl halides is 1. The van der Waals surface area contributed by atoms with Crippen LogP contribution in [-0.2, 0) is 17.8 Å². The van der Waals surface area contributed by atoms with Gasteiger partial charge in [-0.25, -0.2) is 0 Å². The van der Waals surface area contributed by atoms with Gasteiger partial charge in [-0.15, -0.1) is 11.6 Å². The zero-order chi connectivity index (χ0) is 16.7. The zero-order valence-electron chi connectivity index (χ0n) is 12.6. The summed E-state index contributed by atoms with van der Waals surface area (Å²) in [5.74, 6) is -0.335. The van der Waals surface area contributed by atoms with E-state index in [0.29, 0.717) is 17.0 Å². The van der Waals surface area contributed by atoms with Crippen molar-refractivity contribution in [2.45, 2.75) is 13.0 Å². The van der Waals surface area contributed by atoms with Crippen molar-refractivity contribution in [3.05, 3.63) is 47.8 Å². The summed E-state index contributed by atoms with van der Waals surface area (Å²) in [7, 11) is 0. The molecule has 0 spiro atoms. The molecule has 1 aliphatic heterocycles. The van der Waals surface area contributed by atoms with Crippen LogP contribution in [0.5, 0.6) is 5.75 Å². The molecule has 3 heterocycles. The Hall–Kier alpha value is -2.84. The lowest BCUT2D eigenvalue weighted by molar-refractivity contribution is -0.131. The number of fused-ring (bicyclic) bond motifs is 4. The van der Waals surface area contributed by atoms with Gasteiger partial charge in [0.1, 0.15) is 11.9 Å². The first-order valence-electron chi connectivity index (χ1n) is 7.50. The molecule has 1 aliphatic rings. The van der Waals surface area contributed by atoms with Crippen molar-refractivity contribution >= 4 is 28.5 Å². The Morgan fingerprint density at radius 3 is 3.00 bits per heavy atom. The van der Waals surface area contributed by atoms with Crippen LogP contribution in [0.15, 0.2) is 36.5 Å². The number of halogens is 1. The van der Waals surface area contributed by atoms with Crippen molar-refractivity contribution in [1.82, 2.24) is 9.55 Å². The quantitative estimate of drug-likeness (QED) is 0.531. The maximum atomic E-state index is 11.6. The largest absolute Gasteiger partial charge is 0.423 e. The highest BCUT2D eigenvalue weighted by Gasteiger charge is 2.27. The summed E-state index contributed by atoms with van der Waals surface area (Å²) >= 11 is 5.54. The Bertz CT molecular complexity index is 1020. The van der Waals surface area contributed by atoms with Gasteiger partial charge in [0.05, 0.1) is 22.5 Å². The van der Waals surface area contributed by atoms with E-state index in [9.17, 15) is 10.1 Å². The first-order chi connectivity index (χ1) is 11.7. The lowest BCUT2D eigenvalue weighted by Gasteiger charge is -2.21. The van der Waals surface area contributed by atoms with Gasteiger partial charge in [0, 0.05) is 30.1 Å². The van der Waals surface area contributed by atoms with Crippen molar-refractivity contribution in [2.24, 2.45) is 0 Å². The molecule has 0 unspecified atom stereocenters. The molecule has 0 amide bonds. The fourth-order valence-corrected chi connectivity index (χ4v) is 3.23. The third kappa shape index (κ3) is 2.15. The average Bonchev–Trinajstić information content (AvgIpc) is 3.02. The van der Waals surface area contributed by atoms with Crippen LogP contribution in [0.25, 0.3) is 22.2 Å². The normalized spacial score (nSPS) is 12.3. The molecule has 0 radical (unpaired) electrons. The third-order valence-electron chi connectivity index (χ3n) is 4.16. The Kier molecular flexibility index (Phi) is 3.47. The average molecular weight is 338 g/mol. The number of nitriles is 1. The predicted molar refractivity (Wildman–Crippen MR) is 89.9 cm³/mol. The van der Waals surface area contributed by atoms with Gasteiger partial charge in [0.2, 0.25) is 0 Å². The van der Waals surface area contributed by atoms with Gasteiger partial charge in [-0.3, -0.25) is 9.78 Å². The highest BCUT2D eigenvalue weighted by atomic mass is 35.5. The SMILES string of the molecule is N#Cc1c2c(nc3ccccc13)CCn1ccc(OC(=O)CCl)c1-2. The van der Waals surface area contributed by atoms with Crippen LogP contribution in [0.4, 0.5) is 0 Å². The molecule has 6 heteroatoms. The monoisotopic (exact) mass is 337 g/mol. The second-order valence-corrected chi connectivity index (χ2v) is 5.78. The number of hydrogen-bond acceptors (Lipinski definition) is 4. The van der Waals surface area contributed by atoms with Crippen LogP contribution >= 0.6 is 11.6 Å². The maximum Gasteiger partial charge on any atom is 0.326 e. The first-order valence-corrected chi connectivity index (χ1v) is 8.04. The van der Waals surface area contributed by atoms with E-state index >= 15 is 0 Å². The van der Waals surface area contributed by atoms with E-state index in [1.807, 2.05) is 35.0 Å². The number of benzene rings is 1. The van der Waals surface area contributed by atoms with E-state index in [1.54, 1.807) is 6.07 Å². The maximum absolute atomic E-state index is 11.6. The molecule has 2 aromatic heterocycles. The van der Waals surface area contributed by atoms with Crippen LogP contribution in [-0.4, -0.2) is 21.4 Å². The smallest absolute Gasteiger partial charge is 0.326 e. The van der Waals surface area contributed by atoms with Crippen molar-refractivity contribution < 1.29 is 9.53 Å². The summed E-state index contributed by atoms with van der Waals surface area (Å²) in [6.45, 7) is 0.719. The third-order valence-corrected chi connectivity index (χ3v) is 4.38. The number of para-hydroxylation sites is 1. The molecule has 4 rings (SSSR count). The van der Waals surface area contributed by atoms with Gasteiger partial charge in [-0.05, 0) is 12.1 Å². The Morgan fingerprint density at radius 1 is 1.38 bits per heavy atom. The van der Waals surface area contributed by atoms with Crippen LogP contribution in [0.1, 0.15) is 11.3 Å². The number of carbonyl (C=O) groups is 1. The van der Waals surface area contributed by atoms with Gasteiger partial charge >= 0.3 is 5.97 Å². The second-order valence-electron chi connectivity index (χ2n) is 5.52. The Morgan fingerprint density at radius 2 is 2.21 bits per heavy atom. The van der Waals surface area contributed by atoms with Gasteiger partial charge in [0.15, 0.2) is 5.75 Å². The van der Waals surface area contributed by atoms with E-state index in [2.05, 4.69) is 6.07 Å². The van der Waals surface area contributed by atoms with E-state index in [1.165, 1.54) is 0 Å². The van der Waals surface area contributed by atoms with Crippen molar-refractivity contribution in [3.63, 3.8) is 0 Å². The molecule has 0 saturated heterocycles.